The Hall–Kier alpha value is -7.04. The van der Waals surface area contributed by atoms with E-state index in [1.807, 2.05) is 35.0 Å². The predicted octanol–water partition coefficient (Wildman–Crippen LogP) is 11.3. The molecule has 0 fully saturated rings. The molecule has 0 N–H and O–H groups in total. The first-order valence-electron chi connectivity index (χ1n) is 20.1. The van der Waals surface area contributed by atoms with Crippen molar-refractivity contribution in [1.29, 1.82) is 0 Å². The van der Waals surface area contributed by atoms with Crippen LogP contribution in [-0.2, 0) is 12.4 Å². The number of nitrogens with zero attached hydrogens (tertiary/aromatic N) is 4. The van der Waals surface area contributed by atoms with Crippen LogP contribution in [0.3, 0.4) is 0 Å². The first-order valence-corrected chi connectivity index (χ1v) is 18.6. The van der Waals surface area contributed by atoms with Gasteiger partial charge in [-0.15, -0.1) is 0 Å². The second kappa shape index (κ2) is 13.1. The molecule has 0 unspecified atom stereocenters. The molecule has 0 aliphatic rings. The van der Waals surface area contributed by atoms with Gasteiger partial charge in [0.2, 0.25) is 6.33 Å². The van der Waals surface area contributed by atoms with Crippen molar-refractivity contribution in [2.24, 2.45) is 6.98 Å². The van der Waals surface area contributed by atoms with Crippen molar-refractivity contribution in [2.45, 2.75) is 12.3 Å². The Bertz CT molecular complexity index is 3090. The monoisotopic (exact) mass is 710 g/mol. The Morgan fingerprint density at radius 2 is 1.20 bits per heavy atom. The van der Waals surface area contributed by atoms with E-state index in [-0.39, 0.29) is 0 Å². The Morgan fingerprint density at radius 1 is 0.545 bits per heavy atom. The van der Waals surface area contributed by atoms with E-state index in [2.05, 4.69) is 175 Å². The van der Waals surface area contributed by atoms with E-state index in [1.54, 1.807) is 6.33 Å². The van der Waals surface area contributed by atoms with E-state index in [0.717, 1.165) is 66.6 Å². The van der Waals surface area contributed by atoms with Crippen LogP contribution in [0.4, 0.5) is 0 Å². The molecule has 4 heteroatoms. The van der Waals surface area contributed by atoms with Crippen molar-refractivity contribution in [3.8, 4) is 22.6 Å². The Balaban J connectivity index is 1.27. The zero-order valence-electron chi connectivity index (χ0n) is 33.3. The summed E-state index contributed by atoms with van der Waals surface area (Å²) in [5.74, 6) is 0.846. The summed E-state index contributed by atoms with van der Waals surface area (Å²) in [5, 5.41) is 2.29. The van der Waals surface area contributed by atoms with Crippen molar-refractivity contribution < 1.29 is 8.68 Å². The molecule has 0 amide bonds. The van der Waals surface area contributed by atoms with E-state index >= 15 is 0 Å². The van der Waals surface area contributed by atoms with Crippen LogP contribution in [-0.4, -0.2) is 14.1 Å². The molecule has 0 bridgehead atoms. The molecule has 262 valence electrons. The van der Waals surface area contributed by atoms with Gasteiger partial charge in [-0.1, -0.05) is 140 Å². The van der Waals surface area contributed by atoms with E-state index in [0.29, 0.717) is 5.52 Å². The van der Waals surface area contributed by atoms with Gasteiger partial charge in [0.15, 0.2) is 11.0 Å². The molecule has 10 aromatic rings. The van der Waals surface area contributed by atoms with Gasteiger partial charge in [0.25, 0.3) is 0 Å². The molecule has 10 rings (SSSR count). The molecule has 0 aliphatic carbocycles. The van der Waals surface area contributed by atoms with Crippen LogP contribution in [0.25, 0.3) is 55.5 Å². The predicted molar refractivity (Wildman–Crippen MR) is 225 cm³/mol. The van der Waals surface area contributed by atoms with E-state index < -0.39 is 12.4 Å². The summed E-state index contributed by atoms with van der Waals surface area (Å²) in [5.41, 5.74) is 11.5. The van der Waals surface area contributed by atoms with Crippen LogP contribution in [0.2, 0.25) is 0 Å². The van der Waals surface area contributed by atoms with Gasteiger partial charge >= 0.3 is 0 Å². The highest BCUT2D eigenvalue weighted by Crippen LogP contribution is 2.47. The Morgan fingerprint density at radius 3 is 1.98 bits per heavy atom. The quantitative estimate of drug-likeness (QED) is 0.119. The molecule has 0 saturated heterocycles. The number of para-hydroxylation sites is 3. The lowest BCUT2D eigenvalue weighted by Gasteiger charge is -2.37. The van der Waals surface area contributed by atoms with Gasteiger partial charge in [0.05, 0.1) is 27.5 Å². The van der Waals surface area contributed by atoms with Gasteiger partial charge < -0.3 is 0 Å². The summed E-state index contributed by atoms with van der Waals surface area (Å²) in [6.07, 6.45) is 3.61. The molecule has 7 aromatic carbocycles. The first-order chi connectivity index (χ1) is 28.3. The number of hydrogen-bond donors (Lipinski definition) is 0. The zero-order valence-corrected chi connectivity index (χ0v) is 30.3. The number of hydrogen-bond acceptors (Lipinski definition) is 1. The highest BCUT2D eigenvalue weighted by molar-refractivity contribution is 6.09. The van der Waals surface area contributed by atoms with E-state index in [4.69, 9.17) is 9.10 Å². The minimum absolute atomic E-state index is 0.642. The summed E-state index contributed by atoms with van der Waals surface area (Å²) < 4.78 is 30.7. The fourth-order valence-corrected chi connectivity index (χ4v) is 8.64. The minimum atomic E-state index is -2.34. The lowest BCUT2D eigenvalue weighted by Crippen LogP contribution is -2.31. The molecule has 0 aliphatic heterocycles. The summed E-state index contributed by atoms with van der Waals surface area (Å²) >= 11 is 0. The Labute approximate surface area is 325 Å². The minimum Gasteiger partial charge on any atom is -0.294 e. The van der Waals surface area contributed by atoms with Gasteiger partial charge in [0.1, 0.15) is 11.5 Å². The first kappa shape index (κ1) is 29.4. The fraction of sp³-hybridized carbons (Fsp3) is 0.0588. The zero-order chi connectivity index (χ0) is 39.4. The average molecular weight is 711 g/mol. The maximum Gasteiger partial charge on any atom is 0.249 e. The van der Waals surface area contributed by atoms with Crippen LogP contribution in [0.5, 0.6) is 0 Å². The second-order valence-corrected chi connectivity index (χ2v) is 14.2. The van der Waals surface area contributed by atoms with Crippen molar-refractivity contribution in [1.82, 2.24) is 14.1 Å². The van der Waals surface area contributed by atoms with Crippen molar-refractivity contribution in [3.63, 3.8) is 0 Å². The van der Waals surface area contributed by atoms with Gasteiger partial charge in [-0.2, -0.15) is 4.57 Å². The van der Waals surface area contributed by atoms with Crippen LogP contribution in [0.15, 0.2) is 201 Å². The van der Waals surface area contributed by atoms with Gasteiger partial charge in [-0.05, 0) is 94.4 Å². The molecule has 3 heterocycles. The average Bonchev–Trinajstić information content (AvgIpc) is 3.82. The molecular formula is C51H39N4+. The number of benzene rings is 7. The third-order valence-corrected chi connectivity index (χ3v) is 11.1. The summed E-state index contributed by atoms with van der Waals surface area (Å²) in [6, 6.07) is 65.8. The molecule has 0 saturated carbocycles. The van der Waals surface area contributed by atoms with Crippen molar-refractivity contribution in [2.75, 3.05) is 0 Å². The van der Waals surface area contributed by atoms with Crippen LogP contribution < -0.4 is 4.57 Å². The smallest absolute Gasteiger partial charge is 0.249 e. The van der Waals surface area contributed by atoms with Crippen LogP contribution >= 0.6 is 0 Å². The van der Waals surface area contributed by atoms with Crippen LogP contribution in [0, 0.1) is 6.92 Å². The van der Waals surface area contributed by atoms with Gasteiger partial charge in [-0.25, -0.2) is 9.55 Å². The molecule has 3 aromatic heterocycles. The largest absolute Gasteiger partial charge is 0.294 e. The molecule has 0 spiro atoms. The van der Waals surface area contributed by atoms with E-state index in [9.17, 15) is 0 Å². The number of aromatic nitrogens is 4. The van der Waals surface area contributed by atoms with Crippen LogP contribution in [0.1, 0.15) is 31.9 Å². The van der Waals surface area contributed by atoms with E-state index in [1.165, 1.54) is 15.7 Å². The highest BCUT2D eigenvalue weighted by Gasteiger charge is 2.39. The van der Waals surface area contributed by atoms with Crippen molar-refractivity contribution in [3.05, 3.63) is 228 Å². The summed E-state index contributed by atoms with van der Waals surface area (Å²) in [4.78, 5) is 5.01. The number of aryl methyl sites for hydroxylation is 2. The standard InChI is InChI=1S/C51H39N4/c1-36-16-9-10-23-43(36)37-30-31-52-50(32-37)55-46-25-12-11-24-44(46)45-29-28-41(34-49(45)55)51(38-17-5-3-6-18-38,39-19-7-4-8-20-39)40-21-15-22-42(33-40)54-35-53(2)47-26-13-14-27-48(47)54/h3-35H,1-2H3/q+1/i2D3. The fourth-order valence-electron chi connectivity index (χ4n) is 8.64. The molecular weight excluding hydrogens is 669 g/mol. The lowest BCUT2D eigenvalue weighted by molar-refractivity contribution is -0.645. The van der Waals surface area contributed by atoms with Crippen molar-refractivity contribution >= 4 is 32.8 Å². The third-order valence-electron chi connectivity index (χ3n) is 11.1. The van der Waals surface area contributed by atoms with Gasteiger partial charge in [0, 0.05) is 17.0 Å². The molecule has 55 heavy (non-hydrogen) atoms. The summed E-state index contributed by atoms with van der Waals surface area (Å²) in [7, 11) is 0. The molecule has 0 atom stereocenters. The Kier molecular flexibility index (Phi) is 7.02. The third kappa shape index (κ3) is 5.21. The normalized spacial score (nSPS) is 12.9. The number of fused-ring (bicyclic) bond motifs is 4. The maximum absolute atomic E-state index is 8.34. The number of rotatable bonds is 7. The number of pyridine rings is 1. The lowest BCUT2D eigenvalue weighted by atomic mass is 9.65. The second-order valence-electron chi connectivity index (χ2n) is 14.2. The maximum atomic E-state index is 8.34. The number of imidazole rings is 1. The molecule has 0 radical (unpaired) electrons. The topological polar surface area (TPSA) is 26.6 Å². The molecule has 4 nitrogen and oxygen atoms in total. The van der Waals surface area contributed by atoms with Gasteiger partial charge in [-0.3, -0.25) is 4.57 Å². The summed E-state index contributed by atoms with van der Waals surface area (Å²) in [6.45, 7) is -0.198. The SMILES string of the molecule is [2H]C([2H])([2H])[n+]1cn(-c2cccc(C(c3ccccc3)(c3ccccc3)c3ccc4c5ccccc5n(-c5cc(-c6ccccc6C)ccn5)c4c3)c2)c2ccccc21. The highest BCUT2D eigenvalue weighted by atomic mass is 15.1.